The molecule has 2 aromatic heterocycles. The number of aryl methyl sites for hydroxylation is 1. The summed E-state index contributed by atoms with van der Waals surface area (Å²) in [5.74, 6) is -2.14. The highest BCUT2D eigenvalue weighted by Crippen LogP contribution is 2.34. The zero-order valence-electron chi connectivity index (χ0n) is 18.9. The molecule has 1 aliphatic rings. The molecular formula is C22H25F2N5O4S. The summed E-state index contributed by atoms with van der Waals surface area (Å²) in [6, 6.07) is 1.97. The average molecular weight is 494 g/mol. The van der Waals surface area contributed by atoms with E-state index in [1.807, 2.05) is 0 Å². The van der Waals surface area contributed by atoms with Crippen molar-refractivity contribution in [3.63, 3.8) is 0 Å². The lowest BCUT2D eigenvalue weighted by Crippen LogP contribution is -2.37. The Morgan fingerprint density at radius 3 is 2.71 bits per heavy atom. The molecule has 0 saturated carbocycles. The lowest BCUT2D eigenvalue weighted by molar-refractivity contribution is -0.0211. The van der Waals surface area contributed by atoms with Gasteiger partial charge >= 0.3 is 0 Å². The van der Waals surface area contributed by atoms with Crippen LogP contribution < -0.4 is 15.8 Å². The number of aromatic nitrogens is 3. The second kappa shape index (κ2) is 10.1. The predicted molar refractivity (Wildman–Crippen MR) is 122 cm³/mol. The molecule has 1 saturated heterocycles. The number of anilines is 1. The molecular weight excluding hydrogens is 468 g/mol. The van der Waals surface area contributed by atoms with Crippen molar-refractivity contribution in [2.24, 2.45) is 12.8 Å². The number of rotatable bonds is 6. The number of nitrogens with two attached hydrogens (primary N) is 1. The fraction of sp³-hybridized carbons (Fsp3) is 0.409. The summed E-state index contributed by atoms with van der Waals surface area (Å²) in [4.78, 5) is 17.0. The Balaban J connectivity index is 1.54. The highest BCUT2D eigenvalue weighted by atomic mass is 32.1. The number of benzene rings is 1. The third-order valence-corrected chi connectivity index (χ3v) is 6.60. The summed E-state index contributed by atoms with van der Waals surface area (Å²) < 4.78 is 46.7. The molecule has 0 radical (unpaired) electrons. The molecule has 0 unspecified atom stereocenters. The number of nitrogens with one attached hydrogen (secondary N) is 1. The fourth-order valence-corrected chi connectivity index (χ4v) is 4.73. The molecule has 9 nitrogen and oxygen atoms in total. The van der Waals surface area contributed by atoms with Gasteiger partial charge in [-0.05, 0) is 12.8 Å². The molecule has 3 N–H and O–H groups in total. The van der Waals surface area contributed by atoms with Crippen LogP contribution in [-0.4, -0.2) is 53.6 Å². The van der Waals surface area contributed by atoms with Gasteiger partial charge in [-0.1, -0.05) is 0 Å². The van der Waals surface area contributed by atoms with Crippen molar-refractivity contribution >= 4 is 22.9 Å². The molecule has 0 bridgehead atoms. The number of nitrogens with zero attached hydrogens (tertiary/aromatic N) is 3. The maximum Gasteiger partial charge on any atom is 0.275 e. The first-order valence-corrected chi connectivity index (χ1v) is 11.4. The molecule has 34 heavy (non-hydrogen) atoms. The molecule has 12 heteroatoms. The summed E-state index contributed by atoms with van der Waals surface area (Å²) in [6.45, 7) is 0.315. The molecule has 1 aromatic carbocycles. The van der Waals surface area contributed by atoms with E-state index in [2.05, 4.69) is 15.4 Å². The minimum Gasteiger partial charge on any atom is -0.497 e. The van der Waals surface area contributed by atoms with Crippen LogP contribution in [0.2, 0.25) is 0 Å². The standard InChI is InChI=1S/C22H25F2N5O4S/c1-29-20(17-5-4-14(25)18(32-3)9-33-17)15(8-26-29)27-21(30)16-10-34-22(28-16)19-12(23)6-11(31-2)7-13(19)24/h6-8,10,14,17-18H,4-5,9,25H2,1-3H3,(H,27,30)/t14-,17+,18+/m1/s1. The number of hydrogen-bond acceptors (Lipinski definition) is 8. The van der Waals surface area contributed by atoms with Crippen LogP contribution in [0.25, 0.3) is 10.6 Å². The van der Waals surface area contributed by atoms with Gasteiger partial charge in [0.2, 0.25) is 0 Å². The number of carbonyl (C=O) groups excluding carboxylic acids is 1. The van der Waals surface area contributed by atoms with Crippen molar-refractivity contribution in [3.05, 3.63) is 46.7 Å². The van der Waals surface area contributed by atoms with Gasteiger partial charge in [0.1, 0.15) is 34.2 Å². The van der Waals surface area contributed by atoms with Crippen LogP contribution in [-0.2, 0) is 16.5 Å². The van der Waals surface area contributed by atoms with Crippen LogP contribution >= 0.6 is 11.3 Å². The highest BCUT2D eigenvalue weighted by Gasteiger charge is 2.30. The van der Waals surface area contributed by atoms with Gasteiger partial charge in [0.25, 0.3) is 5.91 Å². The Labute approximate surface area is 198 Å². The largest absolute Gasteiger partial charge is 0.497 e. The zero-order chi connectivity index (χ0) is 24.4. The van der Waals surface area contributed by atoms with Crippen molar-refractivity contribution in [1.29, 1.82) is 0 Å². The van der Waals surface area contributed by atoms with Crippen molar-refractivity contribution in [1.82, 2.24) is 14.8 Å². The van der Waals surface area contributed by atoms with E-state index in [0.29, 0.717) is 30.8 Å². The molecule has 1 aliphatic heterocycles. The predicted octanol–water partition coefficient (Wildman–Crippen LogP) is 3.28. The van der Waals surface area contributed by atoms with E-state index in [-0.39, 0.29) is 40.3 Å². The van der Waals surface area contributed by atoms with Gasteiger partial charge in [-0.15, -0.1) is 11.3 Å². The SMILES string of the molecule is COc1cc(F)c(-c2nc(C(=O)Nc3cnn(C)c3[C@@H]3CC[C@@H](N)[C@@H](OC)CO3)cs2)c(F)c1. The van der Waals surface area contributed by atoms with Crippen LogP contribution in [0.1, 0.15) is 35.1 Å². The van der Waals surface area contributed by atoms with Gasteiger partial charge in [-0.3, -0.25) is 9.48 Å². The number of carbonyl (C=O) groups is 1. The first-order valence-electron chi connectivity index (χ1n) is 10.5. The molecule has 1 amide bonds. The van der Waals surface area contributed by atoms with Gasteiger partial charge in [0.15, 0.2) is 0 Å². The second-order valence-corrected chi connectivity index (χ2v) is 8.72. The Bertz CT molecular complexity index is 1160. The second-order valence-electron chi connectivity index (χ2n) is 7.86. The summed E-state index contributed by atoms with van der Waals surface area (Å²) in [5.41, 5.74) is 7.00. The smallest absolute Gasteiger partial charge is 0.275 e. The van der Waals surface area contributed by atoms with E-state index in [4.69, 9.17) is 19.9 Å². The van der Waals surface area contributed by atoms with E-state index in [9.17, 15) is 13.6 Å². The quantitative estimate of drug-likeness (QED) is 0.542. The Morgan fingerprint density at radius 1 is 1.29 bits per heavy atom. The fourth-order valence-electron chi connectivity index (χ4n) is 3.88. The molecule has 3 aromatic rings. The van der Waals surface area contributed by atoms with E-state index in [0.717, 1.165) is 23.5 Å². The van der Waals surface area contributed by atoms with Crippen molar-refractivity contribution in [3.8, 4) is 16.3 Å². The molecule has 0 aliphatic carbocycles. The average Bonchev–Trinajstić information content (AvgIpc) is 3.38. The molecule has 3 atom stereocenters. The van der Waals surface area contributed by atoms with Gasteiger partial charge in [0.05, 0.1) is 43.0 Å². The molecule has 0 spiro atoms. The summed E-state index contributed by atoms with van der Waals surface area (Å²) >= 11 is 0.960. The van der Waals surface area contributed by atoms with Crippen LogP contribution in [0.5, 0.6) is 5.75 Å². The van der Waals surface area contributed by atoms with Crippen molar-refractivity contribution in [2.75, 3.05) is 26.1 Å². The Kier molecular flexibility index (Phi) is 7.22. The normalized spacial score (nSPS) is 20.7. The molecule has 3 heterocycles. The minimum absolute atomic E-state index is 0.0210. The third kappa shape index (κ3) is 4.80. The van der Waals surface area contributed by atoms with E-state index in [1.54, 1.807) is 18.8 Å². The third-order valence-electron chi connectivity index (χ3n) is 5.74. The van der Waals surface area contributed by atoms with Gasteiger partial charge in [-0.25, -0.2) is 13.8 Å². The van der Waals surface area contributed by atoms with E-state index >= 15 is 0 Å². The number of ether oxygens (including phenoxy) is 3. The minimum atomic E-state index is -0.828. The van der Waals surface area contributed by atoms with Crippen molar-refractivity contribution in [2.45, 2.75) is 31.1 Å². The van der Waals surface area contributed by atoms with Crippen molar-refractivity contribution < 1.29 is 27.8 Å². The van der Waals surface area contributed by atoms with Crippen LogP contribution in [0.15, 0.2) is 23.7 Å². The molecule has 4 rings (SSSR count). The summed E-state index contributed by atoms with van der Waals surface area (Å²) in [5, 5.41) is 8.52. The van der Waals surface area contributed by atoms with Gasteiger partial charge in [-0.2, -0.15) is 5.10 Å². The van der Waals surface area contributed by atoms with Crippen LogP contribution in [0, 0.1) is 11.6 Å². The molecule has 182 valence electrons. The number of halogens is 2. The zero-order valence-corrected chi connectivity index (χ0v) is 19.7. The Hall–Kier alpha value is -2.93. The highest BCUT2D eigenvalue weighted by molar-refractivity contribution is 7.13. The Morgan fingerprint density at radius 2 is 2.03 bits per heavy atom. The maximum atomic E-state index is 14.4. The number of methoxy groups -OCH3 is 2. The number of thiazole rings is 1. The lowest BCUT2D eigenvalue weighted by atomic mass is 10.0. The summed E-state index contributed by atoms with van der Waals surface area (Å²) in [6.07, 6.45) is 2.26. The van der Waals surface area contributed by atoms with Crippen LogP contribution in [0.4, 0.5) is 14.5 Å². The van der Waals surface area contributed by atoms with E-state index in [1.165, 1.54) is 18.7 Å². The number of amides is 1. The molecule has 1 fully saturated rings. The summed E-state index contributed by atoms with van der Waals surface area (Å²) in [7, 11) is 4.66. The first kappa shape index (κ1) is 24.2. The first-order chi connectivity index (χ1) is 16.3. The van der Waals surface area contributed by atoms with Gasteiger partial charge in [0, 0.05) is 37.7 Å². The topological polar surface area (TPSA) is 114 Å². The maximum absolute atomic E-state index is 14.4. The van der Waals surface area contributed by atoms with Gasteiger partial charge < -0.3 is 25.3 Å². The lowest BCUT2D eigenvalue weighted by Gasteiger charge is -2.19. The monoisotopic (exact) mass is 493 g/mol. The van der Waals surface area contributed by atoms with Crippen LogP contribution in [0.3, 0.4) is 0 Å². The number of hydrogen-bond donors (Lipinski definition) is 2. The van der Waals surface area contributed by atoms with E-state index < -0.39 is 17.5 Å².